The van der Waals surface area contributed by atoms with Crippen LogP contribution in [0.4, 0.5) is 0 Å². The molecule has 0 atom stereocenters. The Labute approximate surface area is 66.6 Å². The quantitative estimate of drug-likeness (QED) is 0.458. The van der Waals surface area contributed by atoms with E-state index in [1.165, 1.54) is 0 Å². The Morgan fingerprint density at radius 2 is 1.25 bits per heavy atom. The van der Waals surface area contributed by atoms with E-state index in [0.29, 0.717) is 0 Å². The van der Waals surface area contributed by atoms with Crippen molar-refractivity contribution in [2.24, 2.45) is 0 Å². The summed E-state index contributed by atoms with van der Waals surface area (Å²) in [5.41, 5.74) is 0. The Balaban J connectivity index is -0.00000000500. The van der Waals surface area contributed by atoms with Crippen LogP contribution in [0.1, 0.15) is 0 Å². The zero-order chi connectivity index (χ0) is 2.00. The topological polar surface area (TPSA) is 17.1 Å². The van der Waals surface area contributed by atoms with Gasteiger partial charge in [-0.3, -0.25) is 0 Å². The first-order valence-corrected chi connectivity index (χ1v) is 1.50. The van der Waals surface area contributed by atoms with Crippen LogP contribution < -0.4 is 0 Å². The average Bonchev–Trinajstić information content (AvgIpc) is 1.00. The van der Waals surface area contributed by atoms with Crippen LogP contribution in [0.15, 0.2) is 0 Å². The van der Waals surface area contributed by atoms with Crippen molar-refractivity contribution in [2.45, 2.75) is 0 Å². The molecule has 0 fully saturated rings. The molecule has 0 aliphatic heterocycles. The van der Waals surface area contributed by atoms with Crippen LogP contribution in [-0.4, -0.2) is 36.2 Å². The molecule has 20 valence electrons. The summed E-state index contributed by atoms with van der Waals surface area (Å²) in [5.74, 6) is 0. The molecule has 0 amide bonds. The third-order valence-electron chi connectivity index (χ3n) is 0. The van der Waals surface area contributed by atoms with Crippen molar-refractivity contribution >= 4 is 36.2 Å². The Bertz CT molecular complexity index is 8.00. The summed E-state index contributed by atoms with van der Waals surface area (Å²) < 4.78 is 8.38. The van der Waals surface area contributed by atoms with E-state index in [-0.39, 0.29) is 63.5 Å². The third kappa shape index (κ3) is 9.08. The first-order valence-electron chi connectivity index (χ1n) is 0.289. The Hall–Kier alpha value is 1.90. The molecule has 0 heterocycles. The van der Waals surface area contributed by atoms with Gasteiger partial charge in [0.2, 0.25) is 0 Å². The van der Waals surface area contributed by atoms with E-state index >= 15 is 0 Å². The van der Waals surface area contributed by atoms with E-state index < -0.39 is 0 Å². The molecule has 0 aliphatic carbocycles. The molecule has 4 heteroatoms. The second-order valence-electron chi connectivity index (χ2n) is 0. The molecule has 0 aromatic heterocycles. The predicted molar refractivity (Wildman–Crippen MR) is 19.2 cm³/mol. The van der Waals surface area contributed by atoms with Crippen molar-refractivity contribution in [3.8, 4) is 0 Å². The average molecular weight is 276 g/mol. The molecule has 0 N–H and O–H groups in total. The van der Waals surface area contributed by atoms with Crippen molar-refractivity contribution in [1.82, 2.24) is 0 Å². The molecule has 0 saturated heterocycles. The van der Waals surface area contributed by atoms with Gasteiger partial charge in [-0.05, 0) is 0 Å². The van der Waals surface area contributed by atoms with Gasteiger partial charge < -0.3 is 0 Å². The number of hydrogen-bond acceptors (Lipinski definition) is 1. The van der Waals surface area contributed by atoms with Crippen molar-refractivity contribution in [1.29, 1.82) is 0 Å². The van der Waals surface area contributed by atoms with E-state index in [9.17, 15) is 0 Å². The van der Waals surface area contributed by atoms with Crippen molar-refractivity contribution < 1.29 is 31.1 Å². The first kappa shape index (κ1) is 16.8. The fraction of sp³-hybridized carbons (Fsp3) is 0. The fourth-order valence-corrected chi connectivity index (χ4v) is 0. The Morgan fingerprint density at radius 3 is 1.25 bits per heavy atom. The van der Waals surface area contributed by atoms with Gasteiger partial charge in [0.15, 0.2) is 0 Å². The predicted octanol–water partition coefficient (Wildman–Crippen LogP) is -2.22. The molecule has 0 saturated carbocycles. The summed E-state index contributed by atoms with van der Waals surface area (Å²) in [6.45, 7) is 0. The second kappa shape index (κ2) is 20.6. The third-order valence-corrected chi connectivity index (χ3v) is 0. The van der Waals surface area contributed by atoms with Gasteiger partial charge >= 0.3 is 40.0 Å². The summed E-state index contributed by atoms with van der Waals surface area (Å²) in [6, 6.07) is 0. The molecule has 0 aliphatic rings. The molecule has 1 nitrogen and oxygen atoms in total. The van der Waals surface area contributed by atoms with Gasteiger partial charge in [-0.25, -0.2) is 0 Å². The number of rotatable bonds is 0. The van der Waals surface area contributed by atoms with Crippen LogP contribution in [0.2, 0.25) is 0 Å². The van der Waals surface area contributed by atoms with E-state index in [1.807, 2.05) is 0 Å². The minimum absolute atomic E-state index is 0. The van der Waals surface area contributed by atoms with Gasteiger partial charge in [0, 0.05) is 27.3 Å². The van der Waals surface area contributed by atoms with Crippen molar-refractivity contribution in [3.63, 3.8) is 0 Å². The molecule has 0 rings (SSSR count). The minimum atomic E-state index is 0. The molecule has 0 radical (unpaired) electrons. The molecule has 0 aromatic rings. The standard InChI is InChI=1S/Cd.Ga.GeH2O.3H/c;;1-2;;;/h;;1H2;;;. The van der Waals surface area contributed by atoms with Gasteiger partial charge in [0.25, 0.3) is 0 Å². The number of hydrogen-bond donors (Lipinski definition) is 0. The summed E-state index contributed by atoms with van der Waals surface area (Å²) in [7, 11) is 0. The van der Waals surface area contributed by atoms with E-state index in [0.717, 1.165) is 0 Å². The molecule has 4 heavy (non-hydrogen) atoms. The normalized spacial score (nSPS) is 1.00. The van der Waals surface area contributed by atoms with Crippen LogP contribution in [0, 0.1) is 0 Å². The van der Waals surface area contributed by atoms with E-state index in [1.54, 1.807) is 0 Å². The molecule has 0 aromatic carbocycles. The van der Waals surface area contributed by atoms with Crippen LogP contribution in [-0.2, 0) is 31.1 Å². The van der Waals surface area contributed by atoms with Gasteiger partial charge in [-0.2, -0.15) is 0 Å². The van der Waals surface area contributed by atoms with Crippen molar-refractivity contribution in [3.05, 3.63) is 0 Å². The van der Waals surface area contributed by atoms with Crippen molar-refractivity contribution in [2.75, 3.05) is 0 Å². The molecule has 0 spiro atoms. The zero-order valence-electron chi connectivity index (χ0n) is 1.82. The molecule has 0 bridgehead atoms. The Morgan fingerprint density at radius 1 is 1.25 bits per heavy atom. The van der Waals surface area contributed by atoms with Crippen LogP contribution in [0.3, 0.4) is 0 Å². The van der Waals surface area contributed by atoms with Crippen LogP contribution in [0.25, 0.3) is 0 Å². The van der Waals surface area contributed by atoms with Gasteiger partial charge in [0.05, 0.1) is 0 Å². The molecular weight excluding hydrogens is 271 g/mol. The fourth-order valence-electron chi connectivity index (χ4n) is 0. The van der Waals surface area contributed by atoms with Crippen LogP contribution in [0.5, 0.6) is 0 Å². The van der Waals surface area contributed by atoms with Crippen LogP contribution >= 0.6 is 0 Å². The zero-order valence-corrected chi connectivity index (χ0v) is 8.83. The summed E-state index contributed by atoms with van der Waals surface area (Å²) >= 11 is 0.125. The summed E-state index contributed by atoms with van der Waals surface area (Å²) in [5, 5.41) is 0. The van der Waals surface area contributed by atoms with Gasteiger partial charge in [-0.15, -0.1) is 0 Å². The van der Waals surface area contributed by atoms with Gasteiger partial charge in [-0.1, -0.05) is 0 Å². The Kier molecular flexibility index (Phi) is 86.9. The molecular formula is H5CdGaGeO. The summed E-state index contributed by atoms with van der Waals surface area (Å²) in [6.07, 6.45) is 0. The summed E-state index contributed by atoms with van der Waals surface area (Å²) in [4.78, 5) is 0. The second-order valence-corrected chi connectivity index (χ2v) is 0. The van der Waals surface area contributed by atoms with Gasteiger partial charge in [0.1, 0.15) is 0 Å². The monoisotopic (exact) mass is 278 g/mol. The first-order chi connectivity index (χ1) is 1.00. The SMILES string of the molecule is [Cd].[GaH3].[O]=[GeH2]. The maximum atomic E-state index is 8.38. The maximum absolute atomic E-state index is 8.38. The van der Waals surface area contributed by atoms with E-state index in [4.69, 9.17) is 3.78 Å². The van der Waals surface area contributed by atoms with E-state index in [2.05, 4.69) is 0 Å². The molecule has 0 unspecified atom stereocenters.